The van der Waals surface area contributed by atoms with Crippen LogP contribution in [0.1, 0.15) is 65.2 Å². The first-order valence-electron chi connectivity index (χ1n) is 8.11. The standard InChI is InChI=1S/C16H30N2/c1-16(2)10-4-9-14(15(16)17)18-11-5-7-12-6-3-8-13(12)18/h12-15H,3-11,17H2,1-2H3. The number of piperidine rings is 1. The molecule has 2 nitrogen and oxygen atoms in total. The van der Waals surface area contributed by atoms with E-state index < -0.39 is 0 Å². The van der Waals surface area contributed by atoms with Crippen LogP contribution in [0.5, 0.6) is 0 Å². The normalized spacial score (nSPS) is 44.8. The molecule has 0 aromatic rings. The van der Waals surface area contributed by atoms with Crippen molar-refractivity contribution in [1.82, 2.24) is 4.90 Å². The minimum atomic E-state index is 0.342. The van der Waals surface area contributed by atoms with Gasteiger partial charge in [-0.25, -0.2) is 0 Å². The molecule has 0 aromatic carbocycles. The minimum absolute atomic E-state index is 0.342. The smallest absolute Gasteiger partial charge is 0.0255 e. The number of fused-ring (bicyclic) bond motifs is 1. The topological polar surface area (TPSA) is 29.3 Å². The Bertz CT molecular complexity index is 293. The van der Waals surface area contributed by atoms with Gasteiger partial charge in [0.05, 0.1) is 0 Å². The minimum Gasteiger partial charge on any atom is -0.326 e. The van der Waals surface area contributed by atoms with Crippen LogP contribution in [-0.4, -0.2) is 29.6 Å². The highest BCUT2D eigenvalue weighted by molar-refractivity contribution is 5.00. The SMILES string of the molecule is CC1(C)CCCC(N2CCCC3CCCC32)C1N. The summed E-state index contributed by atoms with van der Waals surface area (Å²) in [6, 6.07) is 1.92. The number of hydrogen-bond acceptors (Lipinski definition) is 2. The number of rotatable bonds is 1. The van der Waals surface area contributed by atoms with Crippen LogP contribution in [-0.2, 0) is 0 Å². The van der Waals surface area contributed by atoms with E-state index >= 15 is 0 Å². The Morgan fingerprint density at radius 2 is 1.67 bits per heavy atom. The van der Waals surface area contributed by atoms with Crippen LogP contribution >= 0.6 is 0 Å². The molecule has 1 heterocycles. The second-order valence-electron chi connectivity index (χ2n) is 7.61. The summed E-state index contributed by atoms with van der Waals surface area (Å²) < 4.78 is 0. The van der Waals surface area contributed by atoms with Crippen LogP contribution in [0.2, 0.25) is 0 Å². The maximum Gasteiger partial charge on any atom is 0.0255 e. The quantitative estimate of drug-likeness (QED) is 0.774. The highest BCUT2D eigenvalue weighted by Gasteiger charge is 2.44. The molecular weight excluding hydrogens is 220 g/mol. The molecule has 2 saturated carbocycles. The van der Waals surface area contributed by atoms with E-state index in [0.29, 0.717) is 17.5 Å². The summed E-state index contributed by atoms with van der Waals surface area (Å²) in [6.45, 7) is 6.06. The number of hydrogen-bond donors (Lipinski definition) is 1. The summed E-state index contributed by atoms with van der Waals surface area (Å²) in [7, 11) is 0. The predicted molar refractivity (Wildman–Crippen MR) is 76.5 cm³/mol. The molecular formula is C16H30N2. The van der Waals surface area contributed by atoms with E-state index in [4.69, 9.17) is 5.73 Å². The van der Waals surface area contributed by atoms with E-state index in [0.717, 1.165) is 12.0 Å². The van der Waals surface area contributed by atoms with E-state index in [1.54, 1.807) is 0 Å². The summed E-state index contributed by atoms with van der Waals surface area (Å²) in [5, 5.41) is 0. The van der Waals surface area contributed by atoms with Gasteiger partial charge < -0.3 is 5.73 Å². The van der Waals surface area contributed by atoms with Gasteiger partial charge in [-0.2, -0.15) is 0 Å². The maximum absolute atomic E-state index is 6.63. The molecule has 0 bridgehead atoms. The lowest BCUT2D eigenvalue weighted by Crippen LogP contribution is -2.60. The van der Waals surface area contributed by atoms with Crippen molar-refractivity contribution >= 4 is 0 Å². The van der Waals surface area contributed by atoms with Crippen molar-refractivity contribution in [3.8, 4) is 0 Å². The van der Waals surface area contributed by atoms with E-state index in [-0.39, 0.29) is 0 Å². The Balaban J connectivity index is 1.76. The molecule has 0 radical (unpaired) electrons. The Morgan fingerprint density at radius 1 is 0.944 bits per heavy atom. The summed E-state index contributed by atoms with van der Waals surface area (Å²) in [5.74, 6) is 0.996. The molecule has 3 aliphatic rings. The summed E-state index contributed by atoms with van der Waals surface area (Å²) in [6.07, 6.45) is 11.3. The van der Waals surface area contributed by atoms with Crippen LogP contribution in [0, 0.1) is 11.3 Å². The average molecular weight is 250 g/mol. The second kappa shape index (κ2) is 4.79. The van der Waals surface area contributed by atoms with Crippen molar-refractivity contribution in [2.75, 3.05) is 6.54 Å². The first-order chi connectivity index (χ1) is 8.59. The molecule has 4 atom stereocenters. The third-order valence-electron chi connectivity index (χ3n) is 6.10. The predicted octanol–water partition coefficient (Wildman–Crippen LogP) is 3.16. The highest BCUT2D eigenvalue weighted by Crippen LogP contribution is 2.43. The van der Waals surface area contributed by atoms with Crippen molar-refractivity contribution in [1.29, 1.82) is 0 Å². The van der Waals surface area contributed by atoms with Gasteiger partial charge in [-0.05, 0) is 56.4 Å². The Hall–Kier alpha value is -0.0800. The molecule has 104 valence electrons. The van der Waals surface area contributed by atoms with E-state index in [1.807, 2.05) is 0 Å². The second-order valence-corrected chi connectivity index (χ2v) is 7.61. The monoisotopic (exact) mass is 250 g/mol. The Kier molecular flexibility index (Phi) is 3.44. The van der Waals surface area contributed by atoms with E-state index in [1.165, 1.54) is 57.9 Å². The number of likely N-dealkylation sites (tertiary alicyclic amines) is 1. The summed E-state index contributed by atoms with van der Waals surface area (Å²) >= 11 is 0. The molecule has 18 heavy (non-hydrogen) atoms. The van der Waals surface area contributed by atoms with E-state index in [2.05, 4.69) is 18.7 Å². The maximum atomic E-state index is 6.63. The molecule has 2 N–H and O–H groups in total. The van der Waals surface area contributed by atoms with Gasteiger partial charge in [0.15, 0.2) is 0 Å². The highest BCUT2D eigenvalue weighted by atomic mass is 15.2. The van der Waals surface area contributed by atoms with Crippen LogP contribution in [0.3, 0.4) is 0 Å². The summed E-state index contributed by atoms with van der Waals surface area (Å²) in [4.78, 5) is 2.84. The van der Waals surface area contributed by atoms with Gasteiger partial charge in [-0.15, -0.1) is 0 Å². The first kappa shape index (κ1) is 12.9. The van der Waals surface area contributed by atoms with Crippen LogP contribution < -0.4 is 5.73 Å². The van der Waals surface area contributed by atoms with Gasteiger partial charge in [0.1, 0.15) is 0 Å². The molecule has 4 unspecified atom stereocenters. The lowest BCUT2D eigenvalue weighted by Gasteiger charge is -2.51. The molecule has 3 rings (SSSR count). The Labute approximate surface area is 112 Å². The van der Waals surface area contributed by atoms with Crippen LogP contribution in [0.15, 0.2) is 0 Å². The van der Waals surface area contributed by atoms with Gasteiger partial charge >= 0.3 is 0 Å². The molecule has 3 fully saturated rings. The molecule has 0 spiro atoms. The zero-order valence-electron chi connectivity index (χ0n) is 12.2. The van der Waals surface area contributed by atoms with Crippen molar-refractivity contribution < 1.29 is 0 Å². The lowest BCUT2D eigenvalue weighted by molar-refractivity contribution is 0.00640. The van der Waals surface area contributed by atoms with Crippen molar-refractivity contribution in [2.45, 2.75) is 83.3 Å². The molecule has 2 heteroatoms. The van der Waals surface area contributed by atoms with E-state index in [9.17, 15) is 0 Å². The fourth-order valence-corrected chi connectivity index (χ4v) is 4.91. The zero-order valence-corrected chi connectivity index (χ0v) is 12.2. The third-order valence-corrected chi connectivity index (χ3v) is 6.10. The number of nitrogens with zero attached hydrogens (tertiary/aromatic N) is 1. The van der Waals surface area contributed by atoms with Crippen molar-refractivity contribution in [3.05, 3.63) is 0 Å². The van der Waals surface area contributed by atoms with Gasteiger partial charge in [0.25, 0.3) is 0 Å². The van der Waals surface area contributed by atoms with Gasteiger partial charge in [-0.1, -0.05) is 26.7 Å². The lowest BCUT2D eigenvalue weighted by atomic mass is 9.70. The fraction of sp³-hybridized carbons (Fsp3) is 1.00. The molecule has 1 saturated heterocycles. The van der Waals surface area contributed by atoms with Crippen molar-refractivity contribution in [3.63, 3.8) is 0 Å². The van der Waals surface area contributed by atoms with Gasteiger partial charge in [0, 0.05) is 18.1 Å². The molecule has 1 aliphatic heterocycles. The van der Waals surface area contributed by atoms with Crippen LogP contribution in [0.4, 0.5) is 0 Å². The Morgan fingerprint density at radius 3 is 2.50 bits per heavy atom. The molecule has 0 aromatic heterocycles. The largest absolute Gasteiger partial charge is 0.326 e. The molecule has 0 amide bonds. The van der Waals surface area contributed by atoms with Gasteiger partial charge in [0.2, 0.25) is 0 Å². The fourth-order valence-electron chi connectivity index (χ4n) is 4.91. The zero-order chi connectivity index (χ0) is 12.8. The summed E-state index contributed by atoms with van der Waals surface area (Å²) in [5.41, 5.74) is 6.97. The van der Waals surface area contributed by atoms with Crippen molar-refractivity contribution in [2.24, 2.45) is 17.1 Å². The third kappa shape index (κ3) is 2.12. The van der Waals surface area contributed by atoms with Crippen LogP contribution in [0.25, 0.3) is 0 Å². The number of nitrogens with two attached hydrogens (primary N) is 1. The van der Waals surface area contributed by atoms with Gasteiger partial charge in [-0.3, -0.25) is 4.90 Å². The average Bonchev–Trinajstić information content (AvgIpc) is 2.81. The first-order valence-corrected chi connectivity index (χ1v) is 8.11. The molecule has 2 aliphatic carbocycles.